The zero-order valence-electron chi connectivity index (χ0n) is 18.1. The van der Waals surface area contributed by atoms with Crippen molar-refractivity contribution in [1.82, 2.24) is 9.47 Å². The van der Waals surface area contributed by atoms with Gasteiger partial charge in [-0.1, -0.05) is 12.1 Å². The van der Waals surface area contributed by atoms with Crippen molar-refractivity contribution in [1.29, 1.82) is 0 Å². The summed E-state index contributed by atoms with van der Waals surface area (Å²) in [5, 5.41) is 9.38. The van der Waals surface area contributed by atoms with E-state index in [4.69, 9.17) is 0 Å². The molecule has 1 fully saturated rings. The van der Waals surface area contributed by atoms with Crippen LogP contribution in [0.25, 0.3) is 10.9 Å². The molecule has 34 heavy (non-hydrogen) atoms. The third kappa shape index (κ3) is 4.98. The van der Waals surface area contributed by atoms with Gasteiger partial charge < -0.3 is 24.2 Å². The smallest absolute Gasteiger partial charge is 0.477 e. The van der Waals surface area contributed by atoms with Gasteiger partial charge in [-0.25, -0.2) is 9.18 Å². The number of rotatable bonds is 5. The molecule has 0 radical (unpaired) electrons. The normalized spacial score (nSPS) is 15.0. The number of piperazine rings is 1. The first-order valence-corrected chi connectivity index (χ1v) is 10.4. The summed E-state index contributed by atoms with van der Waals surface area (Å²) in [5.74, 6) is -2.48. The van der Waals surface area contributed by atoms with Gasteiger partial charge >= 0.3 is 12.3 Å². The van der Waals surface area contributed by atoms with Gasteiger partial charge in [-0.05, 0) is 36.9 Å². The summed E-state index contributed by atoms with van der Waals surface area (Å²) in [4.78, 5) is 28.3. The number of anilines is 1. The number of carboxylic acids is 1. The number of pyridine rings is 1. The molecular weight excluding hydrogens is 458 g/mol. The topological polar surface area (TPSA) is 75.0 Å². The Labute approximate surface area is 191 Å². The quantitative estimate of drug-likeness (QED) is 0.565. The Hall–Kier alpha value is -3.60. The largest absolute Gasteiger partial charge is 0.573 e. The van der Waals surface area contributed by atoms with Gasteiger partial charge in [0.2, 0.25) is 5.43 Å². The Morgan fingerprint density at radius 1 is 1.09 bits per heavy atom. The van der Waals surface area contributed by atoms with Gasteiger partial charge in [-0.15, -0.1) is 13.2 Å². The number of alkyl halides is 3. The predicted molar refractivity (Wildman–Crippen MR) is 117 cm³/mol. The lowest BCUT2D eigenvalue weighted by atomic mass is 10.1. The molecule has 11 heteroatoms. The molecule has 3 aromatic rings. The van der Waals surface area contributed by atoms with Crippen molar-refractivity contribution in [3.63, 3.8) is 0 Å². The second-order valence-corrected chi connectivity index (χ2v) is 8.11. The van der Waals surface area contributed by atoms with Crippen molar-refractivity contribution >= 4 is 22.6 Å². The van der Waals surface area contributed by atoms with Crippen LogP contribution in [0.3, 0.4) is 0 Å². The maximum atomic E-state index is 15.0. The molecule has 7 nitrogen and oxygen atoms in total. The predicted octanol–water partition coefficient (Wildman–Crippen LogP) is 3.54. The van der Waals surface area contributed by atoms with Crippen LogP contribution in [0.15, 0.2) is 47.4 Å². The molecule has 2 heterocycles. The molecule has 1 saturated heterocycles. The van der Waals surface area contributed by atoms with Gasteiger partial charge in [-0.2, -0.15) is 0 Å². The highest BCUT2D eigenvalue weighted by Crippen LogP contribution is 2.27. The number of aromatic carboxylic acids is 1. The van der Waals surface area contributed by atoms with Gasteiger partial charge in [0, 0.05) is 44.3 Å². The van der Waals surface area contributed by atoms with Gasteiger partial charge in [0.25, 0.3) is 0 Å². The number of likely N-dealkylation sites (N-methyl/N-ethyl adjacent to an activating group) is 1. The van der Waals surface area contributed by atoms with Crippen LogP contribution in [-0.2, 0) is 6.54 Å². The average molecular weight is 479 g/mol. The SMILES string of the molecule is CN1CCN(c2cc3c(cc2F)c(=O)c(C(=O)O)cn3Cc2ccc(OC(F)(F)F)cc2)CC1. The molecular formula is C23H21F4N3O4. The molecule has 0 spiro atoms. The van der Waals surface area contributed by atoms with Gasteiger partial charge in [0.05, 0.1) is 11.2 Å². The van der Waals surface area contributed by atoms with E-state index in [1.165, 1.54) is 29.0 Å². The van der Waals surface area contributed by atoms with Crippen molar-refractivity contribution in [2.75, 3.05) is 38.1 Å². The highest BCUT2D eigenvalue weighted by Gasteiger charge is 2.31. The van der Waals surface area contributed by atoms with Crippen molar-refractivity contribution in [2.45, 2.75) is 12.9 Å². The number of ether oxygens (including phenoxy) is 1. The molecule has 2 aromatic carbocycles. The van der Waals surface area contributed by atoms with E-state index in [0.717, 1.165) is 31.3 Å². The second kappa shape index (κ2) is 8.98. The Balaban J connectivity index is 1.77. The average Bonchev–Trinajstić information content (AvgIpc) is 2.76. The summed E-state index contributed by atoms with van der Waals surface area (Å²) in [6, 6.07) is 7.65. The van der Waals surface area contributed by atoms with E-state index in [0.29, 0.717) is 29.9 Å². The molecule has 1 N–H and O–H groups in total. The third-order valence-electron chi connectivity index (χ3n) is 5.73. The highest BCUT2D eigenvalue weighted by molar-refractivity contribution is 5.93. The number of hydrogen-bond acceptors (Lipinski definition) is 5. The van der Waals surface area contributed by atoms with Crippen molar-refractivity contribution in [3.8, 4) is 5.75 Å². The lowest BCUT2D eigenvalue weighted by molar-refractivity contribution is -0.274. The number of aromatic nitrogens is 1. The molecule has 180 valence electrons. The number of nitrogens with zero attached hydrogens (tertiary/aromatic N) is 3. The number of fused-ring (bicyclic) bond motifs is 1. The zero-order chi connectivity index (χ0) is 24.6. The first-order valence-electron chi connectivity index (χ1n) is 10.4. The van der Waals surface area contributed by atoms with Crippen LogP contribution >= 0.6 is 0 Å². The minimum Gasteiger partial charge on any atom is -0.477 e. The summed E-state index contributed by atoms with van der Waals surface area (Å²) < 4.78 is 57.6. The lowest BCUT2D eigenvalue weighted by Crippen LogP contribution is -2.44. The number of carbonyl (C=O) groups is 1. The summed E-state index contributed by atoms with van der Waals surface area (Å²) in [5.41, 5.74) is -0.194. The molecule has 4 rings (SSSR count). The molecule has 0 amide bonds. The Morgan fingerprint density at radius 2 is 1.74 bits per heavy atom. The van der Waals surface area contributed by atoms with Crippen molar-refractivity contribution < 1.29 is 32.2 Å². The fraction of sp³-hybridized carbons (Fsp3) is 0.304. The Bertz CT molecular complexity index is 1280. The first kappa shape index (κ1) is 23.6. The van der Waals surface area contributed by atoms with Crippen LogP contribution in [0, 0.1) is 5.82 Å². The molecule has 0 unspecified atom stereocenters. The number of hydrogen-bond donors (Lipinski definition) is 1. The number of benzene rings is 2. The van der Waals surface area contributed by atoms with Crippen LogP contribution in [0.2, 0.25) is 0 Å². The van der Waals surface area contributed by atoms with Crippen LogP contribution in [0.4, 0.5) is 23.2 Å². The van der Waals surface area contributed by atoms with E-state index in [-0.39, 0.29) is 11.9 Å². The van der Waals surface area contributed by atoms with Crippen LogP contribution < -0.4 is 15.1 Å². The summed E-state index contributed by atoms with van der Waals surface area (Å²) >= 11 is 0. The van der Waals surface area contributed by atoms with Crippen LogP contribution in [0.5, 0.6) is 5.75 Å². The fourth-order valence-corrected chi connectivity index (χ4v) is 3.97. The van der Waals surface area contributed by atoms with Gasteiger partial charge in [-0.3, -0.25) is 4.79 Å². The fourth-order valence-electron chi connectivity index (χ4n) is 3.97. The van der Waals surface area contributed by atoms with Gasteiger partial charge in [0.15, 0.2) is 0 Å². The van der Waals surface area contributed by atoms with E-state index >= 15 is 0 Å². The molecule has 0 bridgehead atoms. The van der Waals surface area contributed by atoms with E-state index in [1.54, 1.807) is 0 Å². The van der Waals surface area contributed by atoms with E-state index < -0.39 is 34.9 Å². The minimum absolute atomic E-state index is 0.0389. The molecule has 0 saturated carbocycles. The van der Waals surface area contributed by atoms with Crippen LogP contribution in [-0.4, -0.2) is 60.1 Å². The molecule has 1 aromatic heterocycles. The second-order valence-electron chi connectivity index (χ2n) is 8.11. The van der Waals surface area contributed by atoms with Crippen molar-refractivity contribution in [3.05, 3.63) is 69.8 Å². The summed E-state index contributed by atoms with van der Waals surface area (Å²) in [7, 11) is 1.96. The number of carboxylic acid groups (broad SMARTS) is 1. The monoisotopic (exact) mass is 479 g/mol. The zero-order valence-corrected chi connectivity index (χ0v) is 18.1. The first-order chi connectivity index (χ1) is 16.0. The summed E-state index contributed by atoms with van der Waals surface area (Å²) in [6.45, 7) is 2.66. The highest BCUT2D eigenvalue weighted by atomic mass is 19.4. The molecule has 1 aliphatic heterocycles. The van der Waals surface area contributed by atoms with Gasteiger partial charge in [0.1, 0.15) is 17.1 Å². The minimum atomic E-state index is -4.82. The molecule has 1 aliphatic rings. The number of halogens is 4. The molecule has 0 aliphatic carbocycles. The van der Waals surface area contributed by atoms with E-state index in [2.05, 4.69) is 9.64 Å². The Morgan fingerprint density at radius 3 is 2.32 bits per heavy atom. The maximum Gasteiger partial charge on any atom is 0.573 e. The van der Waals surface area contributed by atoms with Crippen molar-refractivity contribution in [2.24, 2.45) is 0 Å². The lowest BCUT2D eigenvalue weighted by Gasteiger charge is -2.34. The third-order valence-corrected chi connectivity index (χ3v) is 5.73. The summed E-state index contributed by atoms with van der Waals surface area (Å²) in [6.07, 6.45) is -3.66. The molecule has 0 atom stereocenters. The van der Waals surface area contributed by atoms with E-state index in [1.807, 2.05) is 11.9 Å². The Kier molecular flexibility index (Phi) is 6.22. The standard InChI is InChI=1S/C23H21F4N3O4/c1-28-6-8-29(9-7-28)20-11-19-16(10-18(20)24)21(31)17(22(32)33)13-30(19)12-14-2-4-15(5-3-14)34-23(25,26)27/h2-5,10-11,13H,6-9,12H2,1H3,(H,32,33). The van der Waals surface area contributed by atoms with E-state index in [9.17, 15) is 32.3 Å². The van der Waals surface area contributed by atoms with Crippen LogP contribution in [0.1, 0.15) is 15.9 Å². The maximum absolute atomic E-state index is 15.0.